The van der Waals surface area contributed by atoms with E-state index in [9.17, 15) is 0 Å². The van der Waals surface area contributed by atoms with Gasteiger partial charge in [0, 0.05) is 20.5 Å². The molecule has 0 fully saturated rings. The van der Waals surface area contributed by atoms with E-state index >= 15 is 0 Å². The van der Waals surface area contributed by atoms with Gasteiger partial charge in [-0.3, -0.25) is 0 Å². The standard InChI is InChI=1S/C16H12INO2/c1-19-15-4-2-3-14-13(15)9-10-18-16(14)20-12-7-5-11(17)6-8-12/h2-10H,1H3. The molecular formula is C16H12INO2. The number of halogens is 1. The van der Waals surface area contributed by atoms with E-state index in [0.717, 1.165) is 22.3 Å². The van der Waals surface area contributed by atoms with E-state index in [1.807, 2.05) is 48.5 Å². The van der Waals surface area contributed by atoms with Gasteiger partial charge in [-0.2, -0.15) is 0 Å². The molecule has 4 heteroatoms. The van der Waals surface area contributed by atoms with Crippen LogP contribution in [0.3, 0.4) is 0 Å². The van der Waals surface area contributed by atoms with E-state index in [2.05, 4.69) is 27.6 Å². The highest BCUT2D eigenvalue weighted by atomic mass is 127. The van der Waals surface area contributed by atoms with Crippen LogP contribution in [0, 0.1) is 3.57 Å². The number of fused-ring (bicyclic) bond motifs is 1. The third kappa shape index (κ3) is 2.56. The van der Waals surface area contributed by atoms with Gasteiger partial charge in [0.25, 0.3) is 0 Å². The van der Waals surface area contributed by atoms with Crippen LogP contribution in [0.25, 0.3) is 10.8 Å². The average Bonchev–Trinajstić information content (AvgIpc) is 2.49. The minimum Gasteiger partial charge on any atom is -0.496 e. The van der Waals surface area contributed by atoms with Gasteiger partial charge in [0.15, 0.2) is 0 Å². The Morgan fingerprint density at radius 3 is 2.50 bits per heavy atom. The molecule has 0 saturated carbocycles. The van der Waals surface area contributed by atoms with Crippen LogP contribution in [0.2, 0.25) is 0 Å². The fourth-order valence-electron chi connectivity index (χ4n) is 2.03. The molecule has 100 valence electrons. The van der Waals surface area contributed by atoms with Gasteiger partial charge < -0.3 is 9.47 Å². The summed E-state index contributed by atoms with van der Waals surface area (Å²) in [6, 6.07) is 15.6. The Bertz CT molecular complexity index is 741. The highest BCUT2D eigenvalue weighted by Gasteiger charge is 2.08. The Morgan fingerprint density at radius 1 is 0.950 bits per heavy atom. The molecule has 0 bridgehead atoms. The van der Waals surface area contributed by atoms with Crippen LogP contribution >= 0.6 is 22.6 Å². The normalized spacial score (nSPS) is 10.5. The summed E-state index contributed by atoms with van der Waals surface area (Å²) >= 11 is 2.26. The average molecular weight is 377 g/mol. The molecule has 3 rings (SSSR count). The van der Waals surface area contributed by atoms with E-state index in [1.54, 1.807) is 13.3 Å². The van der Waals surface area contributed by atoms with E-state index < -0.39 is 0 Å². The van der Waals surface area contributed by atoms with Crippen LogP contribution in [-0.2, 0) is 0 Å². The van der Waals surface area contributed by atoms with Crippen LogP contribution in [0.4, 0.5) is 0 Å². The summed E-state index contributed by atoms with van der Waals surface area (Å²) in [7, 11) is 1.66. The molecule has 0 radical (unpaired) electrons. The zero-order chi connectivity index (χ0) is 13.9. The second kappa shape index (κ2) is 5.66. The summed E-state index contributed by atoms with van der Waals surface area (Å²) in [6.45, 7) is 0. The first-order valence-corrected chi connectivity index (χ1v) is 7.21. The number of benzene rings is 2. The fourth-order valence-corrected chi connectivity index (χ4v) is 2.38. The third-order valence-corrected chi connectivity index (χ3v) is 3.70. The van der Waals surface area contributed by atoms with Crippen LogP contribution in [0.15, 0.2) is 54.7 Å². The maximum Gasteiger partial charge on any atom is 0.227 e. The molecule has 0 N–H and O–H groups in total. The molecule has 2 aromatic carbocycles. The molecule has 0 aliphatic rings. The second-order valence-electron chi connectivity index (χ2n) is 4.23. The largest absolute Gasteiger partial charge is 0.496 e. The Kier molecular flexibility index (Phi) is 3.73. The van der Waals surface area contributed by atoms with Crippen molar-refractivity contribution >= 4 is 33.4 Å². The Morgan fingerprint density at radius 2 is 1.75 bits per heavy atom. The van der Waals surface area contributed by atoms with Crippen molar-refractivity contribution in [2.45, 2.75) is 0 Å². The number of nitrogens with zero attached hydrogens (tertiary/aromatic N) is 1. The van der Waals surface area contributed by atoms with Crippen molar-refractivity contribution in [2.75, 3.05) is 7.11 Å². The fraction of sp³-hybridized carbons (Fsp3) is 0.0625. The summed E-state index contributed by atoms with van der Waals surface area (Å²) in [4.78, 5) is 4.32. The van der Waals surface area contributed by atoms with Crippen molar-refractivity contribution in [1.82, 2.24) is 4.98 Å². The van der Waals surface area contributed by atoms with E-state index in [-0.39, 0.29) is 0 Å². The second-order valence-corrected chi connectivity index (χ2v) is 5.47. The minimum absolute atomic E-state index is 0.586. The smallest absolute Gasteiger partial charge is 0.227 e. The topological polar surface area (TPSA) is 31.4 Å². The molecule has 20 heavy (non-hydrogen) atoms. The lowest BCUT2D eigenvalue weighted by Crippen LogP contribution is -1.91. The van der Waals surface area contributed by atoms with E-state index in [4.69, 9.17) is 9.47 Å². The molecule has 0 atom stereocenters. The summed E-state index contributed by atoms with van der Waals surface area (Å²) in [5.41, 5.74) is 0. The van der Waals surface area contributed by atoms with Gasteiger partial charge in [0.2, 0.25) is 5.88 Å². The molecule has 0 saturated heterocycles. The van der Waals surface area contributed by atoms with Crippen molar-refractivity contribution in [1.29, 1.82) is 0 Å². The highest BCUT2D eigenvalue weighted by Crippen LogP contribution is 2.32. The van der Waals surface area contributed by atoms with E-state index in [1.165, 1.54) is 3.57 Å². The Labute approximate surface area is 130 Å². The first-order valence-electron chi connectivity index (χ1n) is 6.13. The van der Waals surface area contributed by atoms with Gasteiger partial charge in [-0.15, -0.1) is 0 Å². The van der Waals surface area contributed by atoms with Gasteiger partial charge in [-0.25, -0.2) is 4.98 Å². The number of hydrogen-bond acceptors (Lipinski definition) is 3. The maximum absolute atomic E-state index is 5.88. The first-order chi connectivity index (χ1) is 9.78. The highest BCUT2D eigenvalue weighted by molar-refractivity contribution is 14.1. The van der Waals surface area contributed by atoms with Crippen LogP contribution in [-0.4, -0.2) is 12.1 Å². The Balaban J connectivity index is 2.05. The van der Waals surface area contributed by atoms with Crippen molar-refractivity contribution < 1.29 is 9.47 Å². The number of pyridine rings is 1. The summed E-state index contributed by atoms with van der Waals surface area (Å²) in [5.74, 6) is 2.17. The monoisotopic (exact) mass is 377 g/mol. The number of hydrogen-bond donors (Lipinski definition) is 0. The van der Waals surface area contributed by atoms with Gasteiger partial charge >= 0.3 is 0 Å². The maximum atomic E-state index is 5.88. The van der Waals surface area contributed by atoms with Crippen LogP contribution in [0.1, 0.15) is 0 Å². The van der Waals surface area contributed by atoms with Crippen molar-refractivity contribution in [3.05, 3.63) is 58.3 Å². The Hall–Kier alpha value is -1.82. The molecule has 0 aliphatic carbocycles. The SMILES string of the molecule is COc1cccc2c(Oc3ccc(I)cc3)nccc12. The molecule has 3 nitrogen and oxygen atoms in total. The predicted molar refractivity (Wildman–Crippen MR) is 87.5 cm³/mol. The van der Waals surface area contributed by atoms with Gasteiger partial charge in [0.05, 0.1) is 7.11 Å². The van der Waals surface area contributed by atoms with Crippen LogP contribution < -0.4 is 9.47 Å². The molecule has 1 aromatic heterocycles. The summed E-state index contributed by atoms with van der Waals surface area (Å²) in [5, 5.41) is 1.93. The molecule has 3 aromatic rings. The molecule has 0 unspecified atom stereocenters. The quantitative estimate of drug-likeness (QED) is 0.624. The predicted octanol–water partition coefficient (Wildman–Crippen LogP) is 4.64. The molecule has 0 spiro atoms. The number of aromatic nitrogens is 1. The number of methoxy groups -OCH3 is 1. The summed E-state index contributed by atoms with van der Waals surface area (Å²) in [6.07, 6.45) is 1.73. The molecule has 0 amide bonds. The van der Waals surface area contributed by atoms with Gasteiger partial charge in [-0.1, -0.05) is 6.07 Å². The van der Waals surface area contributed by atoms with E-state index in [0.29, 0.717) is 5.88 Å². The molecule has 0 aliphatic heterocycles. The number of ether oxygens (including phenoxy) is 2. The lowest BCUT2D eigenvalue weighted by atomic mass is 10.1. The van der Waals surface area contributed by atoms with Crippen LogP contribution in [0.5, 0.6) is 17.4 Å². The van der Waals surface area contributed by atoms with Gasteiger partial charge in [0.1, 0.15) is 11.5 Å². The first kappa shape index (κ1) is 13.2. The zero-order valence-electron chi connectivity index (χ0n) is 10.8. The van der Waals surface area contributed by atoms with Gasteiger partial charge in [-0.05, 0) is 65.1 Å². The number of rotatable bonds is 3. The van der Waals surface area contributed by atoms with Crippen molar-refractivity contribution in [2.24, 2.45) is 0 Å². The lowest BCUT2D eigenvalue weighted by Gasteiger charge is -2.10. The zero-order valence-corrected chi connectivity index (χ0v) is 13.0. The van der Waals surface area contributed by atoms with Crippen molar-refractivity contribution in [3.8, 4) is 17.4 Å². The third-order valence-electron chi connectivity index (χ3n) is 2.98. The molecular weight excluding hydrogens is 365 g/mol. The van der Waals surface area contributed by atoms with Crippen molar-refractivity contribution in [3.63, 3.8) is 0 Å². The summed E-state index contributed by atoms with van der Waals surface area (Å²) < 4.78 is 12.4. The lowest BCUT2D eigenvalue weighted by molar-refractivity contribution is 0.419. The minimum atomic E-state index is 0.586. The molecule has 1 heterocycles.